The summed E-state index contributed by atoms with van der Waals surface area (Å²) in [5.41, 5.74) is -3.16. The van der Waals surface area contributed by atoms with Crippen LogP contribution in [0.1, 0.15) is 22.3 Å². The molecule has 0 unspecified atom stereocenters. The fourth-order valence-electron chi connectivity index (χ4n) is 2.66. The van der Waals surface area contributed by atoms with Gasteiger partial charge in [-0.15, -0.1) is 4.74 Å². The largest absolute Gasteiger partial charge is 0.489 e. The molecule has 1 aromatic heterocycles. The molecule has 2 aromatic carbocycles. The first kappa shape index (κ1) is 23.0. The third kappa shape index (κ3) is 5.93. The Labute approximate surface area is 175 Å². The molecule has 0 saturated heterocycles. The lowest BCUT2D eigenvalue weighted by molar-refractivity contribution is -0.143. The SMILES string of the molecule is O=c1[nH]c(=O)n(C/C=C/c2ccc(OCc3cc(C(F)(F)F)cc(C(F)(F)F)c3)cc2)o1. The number of nitrogens with one attached hydrogen (secondary N) is 1. The van der Waals surface area contributed by atoms with Crippen molar-refractivity contribution in [1.82, 2.24) is 9.72 Å². The number of H-pyrrole nitrogens is 1. The summed E-state index contributed by atoms with van der Waals surface area (Å²) in [6.45, 7) is -0.509. The summed E-state index contributed by atoms with van der Waals surface area (Å²) in [4.78, 5) is 24.1. The standard InChI is InChI=1S/C20H14F6N2O4/c21-19(22,23)14-8-13(9-15(10-14)20(24,25)26)11-31-16-5-3-12(4-6-16)2-1-7-28-17(29)27-18(30)32-28/h1-6,8-10H,7,11H2,(H,27,29,30)/b2-1+. The van der Waals surface area contributed by atoms with Gasteiger partial charge in [0, 0.05) is 0 Å². The molecule has 170 valence electrons. The summed E-state index contributed by atoms with van der Waals surface area (Å²) in [6.07, 6.45) is -6.73. The molecule has 0 bridgehead atoms. The highest BCUT2D eigenvalue weighted by molar-refractivity contribution is 5.50. The molecule has 1 heterocycles. The molecule has 0 aliphatic rings. The topological polar surface area (TPSA) is 77.2 Å². The first-order chi connectivity index (χ1) is 14.9. The van der Waals surface area contributed by atoms with Crippen molar-refractivity contribution in [3.05, 3.63) is 91.8 Å². The number of benzene rings is 2. The molecule has 0 saturated carbocycles. The van der Waals surface area contributed by atoms with E-state index in [9.17, 15) is 35.9 Å². The van der Waals surface area contributed by atoms with Crippen LogP contribution in [0, 0.1) is 0 Å². The number of allylic oxidation sites excluding steroid dienone is 1. The summed E-state index contributed by atoms with van der Waals surface area (Å²) in [5, 5.41) is 0. The molecule has 0 atom stereocenters. The molecule has 3 rings (SSSR count). The van der Waals surface area contributed by atoms with E-state index in [1.807, 2.05) is 4.98 Å². The minimum atomic E-state index is -4.93. The molecule has 0 aliphatic carbocycles. The zero-order valence-electron chi connectivity index (χ0n) is 16.0. The Balaban J connectivity index is 1.67. The second-order valence-corrected chi connectivity index (χ2v) is 6.54. The summed E-state index contributed by atoms with van der Waals surface area (Å²) in [7, 11) is 0. The van der Waals surface area contributed by atoms with E-state index in [1.165, 1.54) is 18.2 Å². The van der Waals surface area contributed by atoms with Gasteiger partial charge in [-0.3, -0.25) is 0 Å². The Hall–Kier alpha value is -3.70. The van der Waals surface area contributed by atoms with Gasteiger partial charge in [-0.25, -0.2) is 14.6 Å². The van der Waals surface area contributed by atoms with Crippen molar-refractivity contribution in [2.75, 3.05) is 0 Å². The van der Waals surface area contributed by atoms with Crippen LogP contribution in [-0.2, 0) is 25.5 Å². The van der Waals surface area contributed by atoms with Gasteiger partial charge >= 0.3 is 23.8 Å². The van der Waals surface area contributed by atoms with Crippen molar-refractivity contribution >= 4 is 6.08 Å². The molecule has 0 aliphatic heterocycles. The number of nitrogens with zero attached hydrogens (tertiary/aromatic N) is 1. The Morgan fingerprint density at radius 3 is 2.03 bits per heavy atom. The lowest BCUT2D eigenvalue weighted by atomic mass is 10.1. The average molecular weight is 460 g/mol. The summed E-state index contributed by atoms with van der Waals surface area (Å²) >= 11 is 0. The Morgan fingerprint density at radius 1 is 0.938 bits per heavy atom. The van der Waals surface area contributed by atoms with Crippen molar-refractivity contribution in [2.24, 2.45) is 0 Å². The van der Waals surface area contributed by atoms with Gasteiger partial charge in [-0.1, -0.05) is 24.3 Å². The molecule has 0 fully saturated rings. The third-order valence-corrected chi connectivity index (χ3v) is 4.14. The van der Waals surface area contributed by atoms with Gasteiger partial charge in [0.05, 0.1) is 17.7 Å². The smallest absolute Gasteiger partial charge is 0.440 e. The molecule has 6 nitrogen and oxygen atoms in total. The highest BCUT2D eigenvalue weighted by atomic mass is 19.4. The molecule has 1 N–H and O–H groups in total. The first-order valence-corrected chi connectivity index (χ1v) is 8.90. The molecule has 12 heteroatoms. The van der Waals surface area contributed by atoms with Crippen molar-refractivity contribution in [3.63, 3.8) is 0 Å². The van der Waals surface area contributed by atoms with Crippen LogP contribution in [0.15, 0.2) is 62.7 Å². The van der Waals surface area contributed by atoms with E-state index in [1.54, 1.807) is 18.2 Å². The number of hydrogen-bond donors (Lipinski definition) is 1. The minimum absolute atomic E-state index is 0.00703. The van der Waals surface area contributed by atoms with Crippen LogP contribution in [0.3, 0.4) is 0 Å². The van der Waals surface area contributed by atoms with E-state index in [2.05, 4.69) is 4.52 Å². The van der Waals surface area contributed by atoms with E-state index in [-0.39, 0.29) is 23.9 Å². The molecule has 3 aromatic rings. The van der Waals surface area contributed by atoms with Crippen LogP contribution in [0.25, 0.3) is 6.08 Å². The van der Waals surface area contributed by atoms with Crippen molar-refractivity contribution in [3.8, 4) is 5.75 Å². The van der Waals surface area contributed by atoms with Crippen molar-refractivity contribution in [1.29, 1.82) is 0 Å². The maximum atomic E-state index is 12.9. The fraction of sp³-hybridized carbons (Fsp3) is 0.200. The average Bonchev–Trinajstić information content (AvgIpc) is 3.03. The van der Waals surface area contributed by atoms with Gasteiger partial charge in [0.15, 0.2) is 0 Å². The third-order valence-electron chi connectivity index (χ3n) is 4.14. The predicted octanol–water partition coefficient (Wildman–Crippen LogP) is 4.46. The lowest BCUT2D eigenvalue weighted by Crippen LogP contribution is -2.15. The first-order valence-electron chi connectivity index (χ1n) is 8.90. The minimum Gasteiger partial charge on any atom is -0.489 e. The van der Waals surface area contributed by atoms with Gasteiger partial charge in [0.25, 0.3) is 0 Å². The van der Waals surface area contributed by atoms with Crippen molar-refractivity contribution in [2.45, 2.75) is 25.5 Å². The van der Waals surface area contributed by atoms with E-state index in [0.717, 1.165) is 4.74 Å². The maximum absolute atomic E-state index is 12.9. The molecule has 32 heavy (non-hydrogen) atoms. The molecule has 0 amide bonds. The monoisotopic (exact) mass is 460 g/mol. The van der Waals surface area contributed by atoms with Gasteiger partial charge in [-0.2, -0.15) is 26.3 Å². The number of alkyl halides is 6. The van der Waals surface area contributed by atoms with E-state index in [0.29, 0.717) is 17.7 Å². The summed E-state index contributed by atoms with van der Waals surface area (Å²) in [6, 6.07) is 7.37. The number of halogens is 6. The van der Waals surface area contributed by atoms with Crippen LogP contribution in [0.5, 0.6) is 5.75 Å². The zero-order valence-corrected chi connectivity index (χ0v) is 16.0. The van der Waals surface area contributed by atoms with E-state index >= 15 is 0 Å². The maximum Gasteiger partial charge on any atom is 0.440 e. The number of aromatic nitrogens is 2. The van der Waals surface area contributed by atoms with Crippen molar-refractivity contribution < 1.29 is 35.6 Å². The van der Waals surface area contributed by atoms with Crippen LogP contribution in [-0.4, -0.2) is 9.72 Å². The van der Waals surface area contributed by atoms with Gasteiger partial charge < -0.3 is 9.26 Å². The van der Waals surface area contributed by atoms with Crippen LogP contribution < -0.4 is 16.2 Å². The number of hydrogen-bond acceptors (Lipinski definition) is 4. The highest BCUT2D eigenvalue weighted by Gasteiger charge is 2.36. The number of rotatable bonds is 6. The molecule has 0 radical (unpaired) electrons. The van der Waals surface area contributed by atoms with Gasteiger partial charge in [0.1, 0.15) is 12.4 Å². The Kier molecular flexibility index (Phi) is 6.32. The van der Waals surface area contributed by atoms with Crippen LogP contribution >= 0.6 is 0 Å². The van der Waals surface area contributed by atoms with E-state index in [4.69, 9.17) is 4.74 Å². The van der Waals surface area contributed by atoms with Gasteiger partial charge in [-0.05, 0) is 41.5 Å². The fourth-order valence-corrected chi connectivity index (χ4v) is 2.66. The molecule has 0 spiro atoms. The number of ether oxygens (including phenoxy) is 1. The molecular weight excluding hydrogens is 446 g/mol. The Bertz CT molecular complexity index is 1180. The molecular formula is C20H14F6N2O4. The zero-order chi connectivity index (χ0) is 23.5. The quantitative estimate of drug-likeness (QED) is 0.551. The van der Waals surface area contributed by atoms with Gasteiger partial charge in [0.2, 0.25) is 0 Å². The summed E-state index contributed by atoms with van der Waals surface area (Å²) < 4.78 is 88.2. The lowest BCUT2D eigenvalue weighted by Gasteiger charge is -2.14. The highest BCUT2D eigenvalue weighted by Crippen LogP contribution is 2.36. The Morgan fingerprint density at radius 2 is 1.53 bits per heavy atom. The summed E-state index contributed by atoms with van der Waals surface area (Å²) in [5.74, 6) is -0.658. The van der Waals surface area contributed by atoms with E-state index < -0.39 is 41.5 Å². The second-order valence-electron chi connectivity index (χ2n) is 6.54. The van der Waals surface area contributed by atoms with Crippen LogP contribution in [0.2, 0.25) is 0 Å². The number of aromatic amines is 1. The van der Waals surface area contributed by atoms with Crippen LogP contribution in [0.4, 0.5) is 26.3 Å². The predicted molar refractivity (Wildman–Crippen MR) is 99.8 cm³/mol. The normalized spacial score (nSPS) is 12.4. The second kappa shape index (κ2) is 8.81.